The predicted octanol–water partition coefficient (Wildman–Crippen LogP) is 2.78. The Morgan fingerprint density at radius 2 is 2.18 bits per heavy atom. The quantitative estimate of drug-likeness (QED) is 0.697. The van der Waals surface area contributed by atoms with E-state index in [1.165, 1.54) is 29.7 Å². The van der Waals surface area contributed by atoms with Crippen LogP contribution in [0.1, 0.15) is 5.56 Å². The van der Waals surface area contributed by atoms with Gasteiger partial charge in [-0.05, 0) is 29.0 Å². The number of sulfonamides is 1. The molecule has 0 radical (unpaired) electrons. The smallest absolute Gasteiger partial charge is 0.199 e. The van der Waals surface area contributed by atoms with E-state index in [-0.39, 0.29) is 4.21 Å². The van der Waals surface area contributed by atoms with Gasteiger partial charge in [-0.3, -0.25) is 0 Å². The Labute approximate surface area is 112 Å². The summed E-state index contributed by atoms with van der Waals surface area (Å²) in [6.45, 7) is 0. The molecule has 0 aliphatic rings. The standard InChI is InChI=1S/C9H7ClN2O2S3/c10-8-1-2-9(16-8)17(13,14)12-11-5-7-3-4-15-6-7/h1-6,12H/b11-5-. The van der Waals surface area contributed by atoms with E-state index in [4.69, 9.17) is 11.6 Å². The molecule has 0 aromatic carbocycles. The third-order valence-electron chi connectivity index (χ3n) is 1.74. The zero-order valence-corrected chi connectivity index (χ0v) is 11.5. The minimum atomic E-state index is -3.60. The van der Waals surface area contributed by atoms with Crippen LogP contribution in [0.4, 0.5) is 0 Å². The lowest BCUT2D eigenvalue weighted by Crippen LogP contribution is -2.16. The predicted molar refractivity (Wildman–Crippen MR) is 71.6 cm³/mol. The summed E-state index contributed by atoms with van der Waals surface area (Å²) < 4.78 is 24.0. The first-order chi connectivity index (χ1) is 8.08. The maximum absolute atomic E-state index is 11.7. The highest BCUT2D eigenvalue weighted by Crippen LogP contribution is 2.25. The van der Waals surface area contributed by atoms with E-state index in [2.05, 4.69) is 9.93 Å². The Morgan fingerprint density at radius 1 is 1.35 bits per heavy atom. The number of hydrogen-bond acceptors (Lipinski definition) is 5. The molecule has 0 saturated heterocycles. The highest BCUT2D eigenvalue weighted by Gasteiger charge is 2.15. The Bertz CT molecular complexity index is 616. The van der Waals surface area contributed by atoms with Crippen LogP contribution in [0.2, 0.25) is 4.34 Å². The SMILES string of the molecule is O=S(=O)(N/N=C\c1ccsc1)c1ccc(Cl)s1. The summed E-state index contributed by atoms with van der Waals surface area (Å²) in [6, 6.07) is 4.81. The summed E-state index contributed by atoms with van der Waals surface area (Å²) in [5, 5.41) is 7.42. The van der Waals surface area contributed by atoms with Gasteiger partial charge >= 0.3 is 0 Å². The fraction of sp³-hybridized carbons (Fsp3) is 0. The van der Waals surface area contributed by atoms with Gasteiger partial charge in [0.25, 0.3) is 10.0 Å². The molecule has 0 spiro atoms. The Balaban J connectivity index is 2.08. The van der Waals surface area contributed by atoms with E-state index in [9.17, 15) is 8.42 Å². The van der Waals surface area contributed by atoms with Crippen molar-refractivity contribution < 1.29 is 8.42 Å². The van der Waals surface area contributed by atoms with E-state index in [0.29, 0.717) is 4.34 Å². The molecule has 0 bridgehead atoms. The van der Waals surface area contributed by atoms with Crippen molar-refractivity contribution in [2.45, 2.75) is 4.21 Å². The van der Waals surface area contributed by atoms with E-state index < -0.39 is 10.0 Å². The molecule has 90 valence electrons. The van der Waals surface area contributed by atoms with Crippen molar-refractivity contribution in [3.05, 3.63) is 38.9 Å². The van der Waals surface area contributed by atoms with E-state index in [0.717, 1.165) is 16.9 Å². The van der Waals surface area contributed by atoms with Crippen molar-refractivity contribution in [1.82, 2.24) is 4.83 Å². The normalized spacial score (nSPS) is 12.1. The summed E-state index contributed by atoms with van der Waals surface area (Å²) in [5.74, 6) is 0. The second-order valence-corrected chi connectivity index (χ2v) is 7.35. The monoisotopic (exact) mass is 306 g/mol. The maximum Gasteiger partial charge on any atom is 0.286 e. The first-order valence-corrected chi connectivity index (χ1v) is 8.02. The average Bonchev–Trinajstić information content (AvgIpc) is 2.89. The van der Waals surface area contributed by atoms with Gasteiger partial charge in [0, 0.05) is 5.56 Å². The van der Waals surface area contributed by atoms with Crippen LogP contribution < -0.4 is 4.83 Å². The summed E-state index contributed by atoms with van der Waals surface area (Å²) in [6.07, 6.45) is 1.45. The average molecular weight is 307 g/mol. The van der Waals surface area contributed by atoms with Crippen molar-refractivity contribution in [2.24, 2.45) is 5.10 Å². The fourth-order valence-corrected chi connectivity index (χ4v) is 3.88. The summed E-state index contributed by atoms with van der Waals surface area (Å²) in [5.41, 5.74) is 0.849. The maximum atomic E-state index is 11.7. The van der Waals surface area contributed by atoms with Gasteiger partial charge in [-0.15, -0.1) is 11.3 Å². The third kappa shape index (κ3) is 3.29. The first-order valence-electron chi connectivity index (χ1n) is 4.40. The molecule has 8 heteroatoms. The van der Waals surface area contributed by atoms with Crippen molar-refractivity contribution in [2.75, 3.05) is 0 Å². The lowest BCUT2D eigenvalue weighted by Gasteiger charge is -1.98. The number of hydrazone groups is 1. The van der Waals surface area contributed by atoms with Crippen molar-refractivity contribution in [3.63, 3.8) is 0 Å². The number of thiophene rings is 2. The van der Waals surface area contributed by atoms with E-state index >= 15 is 0 Å². The molecule has 4 nitrogen and oxygen atoms in total. The van der Waals surface area contributed by atoms with Crippen LogP contribution in [-0.4, -0.2) is 14.6 Å². The van der Waals surface area contributed by atoms with Gasteiger partial charge in [0.15, 0.2) is 0 Å². The summed E-state index contributed by atoms with van der Waals surface area (Å²) >= 11 is 8.17. The molecule has 1 N–H and O–H groups in total. The zero-order valence-electron chi connectivity index (χ0n) is 8.33. The number of nitrogens with zero attached hydrogens (tertiary/aromatic N) is 1. The van der Waals surface area contributed by atoms with Crippen molar-refractivity contribution in [3.8, 4) is 0 Å². The summed E-state index contributed by atoms with van der Waals surface area (Å²) in [4.78, 5) is 2.12. The number of nitrogens with one attached hydrogen (secondary N) is 1. The first kappa shape index (κ1) is 12.6. The van der Waals surface area contributed by atoms with Crippen LogP contribution >= 0.6 is 34.3 Å². The molecule has 0 aliphatic heterocycles. The number of halogens is 1. The van der Waals surface area contributed by atoms with Crippen LogP contribution in [0.15, 0.2) is 38.3 Å². The molecule has 2 rings (SSSR count). The molecular formula is C9H7ClN2O2S3. The van der Waals surface area contributed by atoms with Crippen LogP contribution in [0.5, 0.6) is 0 Å². The molecule has 0 saturated carbocycles. The topological polar surface area (TPSA) is 58.5 Å². The highest BCUT2D eigenvalue weighted by molar-refractivity contribution is 7.91. The fourth-order valence-electron chi connectivity index (χ4n) is 1.01. The van der Waals surface area contributed by atoms with Gasteiger partial charge in [-0.2, -0.15) is 29.7 Å². The van der Waals surface area contributed by atoms with Gasteiger partial charge < -0.3 is 0 Å². The van der Waals surface area contributed by atoms with Gasteiger partial charge in [0.1, 0.15) is 4.21 Å². The molecule has 0 aliphatic carbocycles. The third-order valence-corrected chi connectivity index (χ3v) is 5.39. The van der Waals surface area contributed by atoms with E-state index in [1.54, 1.807) is 0 Å². The molecule has 17 heavy (non-hydrogen) atoms. The van der Waals surface area contributed by atoms with Crippen LogP contribution in [0, 0.1) is 0 Å². The van der Waals surface area contributed by atoms with Crippen LogP contribution in [0.25, 0.3) is 0 Å². The molecular weight excluding hydrogens is 300 g/mol. The Kier molecular flexibility index (Phi) is 3.82. The number of hydrogen-bond donors (Lipinski definition) is 1. The Hall–Kier alpha value is -0.890. The molecule has 2 aromatic heterocycles. The molecule has 2 heterocycles. The summed E-state index contributed by atoms with van der Waals surface area (Å²) in [7, 11) is -3.60. The van der Waals surface area contributed by atoms with Crippen molar-refractivity contribution in [1.29, 1.82) is 0 Å². The Morgan fingerprint density at radius 3 is 2.76 bits per heavy atom. The van der Waals surface area contributed by atoms with Crippen LogP contribution in [0.3, 0.4) is 0 Å². The second kappa shape index (κ2) is 5.18. The molecule has 0 atom stereocenters. The molecule has 2 aromatic rings. The zero-order chi connectivity index (χ0) is 12.3. The minimum Gasteiger partial charge on any atom is -0.199 e. The highest BCUT2D eigenvalue weighted by atomic mass is 35.5. The molecule has 0 unspecified atom stereocenters. The van der Waals surface area contributed by atoms with Gasteiger partial charge in [0.2, 0.25) is 0 Å². The molecule has 0 fully saturated rings. The van der Waals surface area contributed by atoms with Crippen molar-refractivity contribution >= 4 is 50.5 Å². The second-order valence-electron chi connectivity index (χ2n) is 2.97. The van der Waals surface area contributed by atoms with Crippen LogP contribution in [-0.2, 0) is 10.0 Å². The lowest BCUT2D eigenvalue weighted by atomic mass is 10.4. The van der Waals surface area contributed by atoms with E-state index in [1.807, 2.05) is 16.8 Å². The lowest BCUT2D eigenvalue weighted by molar-refractivity contribution is 0.587. The number of rotatable bonds is 4. The minimum absolute atomic E-state index is 0.143. The van der Waals surface area contributed by atoms with Gasteiger partial charge in [-0.1, -0.05) is 11.6 Å². The van der Waals surface area contributed by atoms with Gasteiger partial charge in [-0.25, -0.2) is 0 Å². The molecule has 0 amide bonds. The largest absolute Gasteiger partial charge is 0.286 e. The van der Waals surface area contributed by atoms with Gasteiger partial charge in [0.05, 0.1) is 10.6 Å².